The Bertz CT molecular complexity index is 936. The van der Waals surface area contributed by atoms with Crippen molar-refractivity contribution in [3.05, 3.63) is 59.2 Å². The van der Waals surface area contributed by atoms with E-state index in [0.29, 0.717) is 17.3 Å². The standard InChI is InChI=1S/C20H21N3O2/c1-13-8-9-17-16(10-13)14(2)11-19(22-17)23-21-12-15-6-5-7-18(24-3)20(15)25-4/h5-12H,1-4H3,(H,22,23)/b21-12-. The number of hydrazone groups is 1. The fourth-order valence-electron chi connectivity index (χ4n) is 2.75. The summed E-state index contributed by atoms with van der Waals surface area (Å²) in [5, 5.41) is 5.44. The molecule has 0 atom stereocenters. The summed E-state index contributed by atoms with van der Waals surface area (Å²) in [7, 11) is 3.22. The molecule has 0 saturated carbocycles. The lowest BCUT2D eigenvalue weighted by Gasteiger charge is -2.10. The van der Waals surface area contributed by atoms with Crippen LogP contribution in [-0.2, 0) is 0 Å². The summed E-state index contributed by atoms with van der Waals surface area (Å²) in [6, 6.07) is 13.9. The number of aromatic nitrogens is 1. The molecule has 0 radical (unpaired) electrons. The minimum atomic E-state index is 0.647. The molecule has 1 aromatic heterocycles. The van der Waals surface area contributed by atoms with E-state index in [-0.39, 0.29) is 0 Å². The maximum Gasteiger partial charge on any atom is 0.169 e. The van der Waals surface area contributed by atoms with Gasteiger partial charge in [-0.2, -0.15) is 5.10 Å². The average molecular weight is 335 g/mol. The predicted octanol–water partition coefficient (Wildman–Crippen LogP) is 4.31. The van der Waals surface area contributed by atoms with E-state index in [2.05, 4.69) is 41.5 Å². The van der Waals surface area contributed by atoms with Crippen LogP contribution in [0.2, 0.25) is 0 Å². The quantitative estimate of drug-likeness (QED) is 0.557. The lowest BCUT2D eigenvalue weighted by molar-refractivity contribution is 0.354. The number of para-hydroxylation sites is 1. The van der Waals surface area contributed by atoms with Gasteiger partial charge in [-0.15, -0.1) is 0 Å². The van der Waals surface area contributed by atoms with Gasteiger partial charge in [-0.1, -0.05) is 17.7 Å². The lowest BCUT2D eigenvalue weighted by atomic mass is 10.1. The first-order chi connectivity index (χ1) is 12.1. The number of fused-ring (bicyclic) bond motifs is 1. The summed E-state index contributed by atoms with van der Waals surface area (Å²) in [6.07, 6.45) is 1.69. The highest BCUT2D eigenvalue weighted by molar-refractivity contribution is 5.86. The van der Waals surface area contributed by atoms with Gasteiger partial charge in [0.1, 0.15) is 5.82 Å². The van der Waals surface area contributed by atoms with Gasteiger partial charge in [-0.05, 0) is 49.7 Å². The van der Waals surface area contributed by atoms with Gasteiger partial charge in [0, 0.05) is 10.9 Å². The van der Waals surface area contributed by atoms with Crippen molar-refractivity contribution in [2.75, 3.05) is 19.6 Å². The van der Waals surface area contributed by atoms with Gasteiger partial charge in [0.15, 0.2) is 11.5 Å². The first-order valence-corrected chi connectivity index (χ1v) is 8.00. The summed E-state index contributed by atoms with van der Waals surface area (Å²) in [6.45, 7) is 4.15. The van der Waals surface area contributed by atoms with Crippen LogP contribution in [0.25, 0.3) is 10.9 Å². The van der Waals surface area contributed by atoms with Gasteiger partial charge in [-0.3, -0.25) is 5.43 Å². The zero-order chi connectivity index (χ0) is 17.8. The molecule has 25 heavy (non-hydrogen) atoms. The molecule has 0 aliphatic carbocycles. The number of nitrogens with one attached hydrogen (secondary N) is 1. The zero-order valence-electron chi connectivity index (χ0n) is 14.8. The van der Waals surface area contributed by atoms with Crippen LogP contribution in [0.3, 0.4) is 0 Å². The molecule has 1 N–H and O–H groups in total. The normalized spacial score (nSPS) is 11.0. The van der Waals surface area contributed by atoms with Crippen LogP contribution in [0, 0.1) is 13.8 Å². The van der Waals surface area contributed by atoms with Gasteiger partial charge in [0.05, 0.1) is 26.0 Å². The third kappa shape index (κ3) is 3.55. The molecule has 0 spiro atoms. The summed E-state index contributed by atoms with van der Waals surface area (Å²) in [4.78, 5) is 4.60. The summed E-state index contributed by atoms with van der Waals surface area (Å²) in [5.74, 6) is 2.02. The molecule has 0 aliphatic rings. The number of benzene rings is 2. The molecule has 3 aromatic rings. The number of hydrogen-bond acceptors (Lipinski definition) is 5. The monoisotopic (exact) mass is 335 g/mol. The number of pyridine rings is 1. The second-order valence-electron chi connectivity index (χ2n) is 5.80. The second kappa shape index (κ2) is 7.21. The molecule has 5 heteroatoms. The Kier molecular flexibility index (Phi) is 4.84. The summed E-state index contributed by atoms with van der Waals surface area (Å²) < 4.78 is 10.7. The van der Waals surface area contributed by atoms with Gasteiger partial charge < -0.3 is 9.47 Å². The van der Waals surface area contributed by atoms with E-state index in [4.69, 9.17) is 9.47 Å². The second-order valence-corrected chi connectivity index (χ2v) is 5.80. The molecular formula is C20H21N3O2. The summed E-state index contributed by atoms with van der Waals surface area (Å²) >= 11 is 0. The SMILES string of the molecule is COc1cccc(/C=N\Nc2cc(C)c3cc(C)ccc3n2)c1OC. The number of rotatable bonds is 5. The highest BCUT2D eigenvalue weighted by Gasteiger charge is 2.07. The van der Waals surface area contributed by atoms with Crippen LogP contribution in [0.1, 0.15) is 16.7 Å². The molecule has 5 nitrogen and oxygen atoms in total. The Morgan fingerprint density at radius 2 is 1.88 bits per heavy atom. The summed E-state index contributed by atoms with van der Waals surface area (Å²) in [5.41, 5.74) is 7.14. The molecule has 0 fully saturated rings. The van der Waals surface area contributed by atoms with Crippen molar-refractivity contribution in [2.24, 2.45) is 5.10 Å². The Morgan fingerprint density at radius 3 is 2.64 bits per heavy atom. The number of methoxy groups -OCH3 is 2. The molecular weight excluding hydrogens is 314 g/mol. The van der Waals surface area contributed by atoms with Crippen molar-refractivity contribution in [1.29, 1.82) is 0 Å². The van der Waals surface area contributed by atoms with Crippen molar-refractivity contribution < 1.29 is 9.47 Å². The Labute approximate surface area is 147 Å². The Hall–Kier alpha value is -3.08. The first kappa shape index (κ1) is 16.8. The average Bonchev–Trinajstić information content (AvgIpc) is 2.62. The van der Waals surface area contributed by atoms with Gasteiger partial charge in [0.2, 0.25) is 0 Å². The fourth-order valence-corrected chi connectivity index (χ4v) is 2.75. The highest BCUT2D eigenvalue weighted by Crippen LogP contribution is 2.29. The van der Waals surface area contributed by atoms with E-state index < -0.39 is 0 Å². The Balaban J connectivity index is 1.86. The zero-order valence-corrected chi connectivity index (χ0v) is 14.8. The van der Waals surface area contributed by atoms with Crippen molar-refractivity contribution in [2.45, 2.75) is 13.8 Å². The van der Waals surface area contributed by atoms with Crippen LogP contribution in [-0.4, -0.2) is 25.4 Å². The highest BCUT2D eigenvalue weighted by atomic mass is 16.5. The van der Waals surface area contributed by atoms with Crippen LogP contribution >= 0.6 is 0 Å². The topological polar surface area (TPSA) is 55.7 Å². The lowest BCUT2D eigenvalue weighted by Crippen LogP contribution is -1.98. The molecule has 0 aliphatic heterocycles. The maximum atomic E-state index is 5.40. The van der Waals surface area contributed by atoms with Gasteiger partial charge >= 0.3 is 0 Å². The maximum absolute atomic E-state index is 5.40. The fraction of sp³-hybridized carbons (Fsp3) is 0.200. The molecule has 128 valence electrons. The number of anilines is 1. The molecule has 0 bridgehead atoms. The molecule has 0 unspecified atom stereocenters. The third-order valence-electron chi connectivity index (χ3n) is 3.99. The van der Waals surface area contributed by atoms with E-state index in [1.807, 2.05) is 30.3 Å². The molecule has 0 saturated heterocycles. The van der Waals surface area contributed by atoms with E-state index >= 15 is 0 Å². The van der Waals surface area contributed by atoms with Crippen molar-refractivity contribution >= 4 is 22.9 Å². The minimum Gasteiger partial charge on any atom is -0.493 e. The third-order valence-corrected chi connectivity index (χ3v) is 3.99. The molecule has 2 aromatic carbocycles. The number of ether oxygens (including phenoxy) is 2. The van der Waals surface area contributed by atoms with E-state index in [1.165, 1.54) is 5.56 Å². The van der Waals surface area contributed by atoms with Crippen LogP contribution in [0.15, 0.2) is 47.6 Å². The van der Waals surface area contributed by atoms with Crippen molar-refractivity contribution in [3.63, 3.8) is 0 Å². The minimum absolute atomic E-state index is 0.647. The van der Waals surface area contributed by atoms with Crippen molar-refractivity contribution in [3.8, 4) is 11.5 Å². The van der Waals surface area contributed by atoms with Crippen LogP contribution < -0.4 is 14.9 Å². The predicted molar refractivity (Wildman–Crippen MR) is 102 cm³/mol. The molecule has 1 heterocycles. The van der Waals surface area contributed by atoms with Gasteiger partial charge in [0.25, 0.3) is 0 Å². The van der Waals surface area contributed by atoms with E-state index in [1.54, 1.807) is 20.4 Å². The number of aryl methyl sites for hydroxylation is 2. The van der Waals surface area contributed by atoms with Crippen molar-refractivity contribution in [1.82, 2.24) is 4.98 Å². The number of hydrogen-bond donors (Lipinski definition) is 1. The molecule has 0 amide bonds. The van der Waals surface area contributed by atoms with Crippen LogP contribution in [0.5, 0.6) is 11.5 Å². The first-order valence-electron chi connectivity index (χ1n) is 8.00. The van der Waals surface area contributed by atoms with E-state index in [9.17, 15) is 0 Å². The Morgan fingerprint density at radius 1 is 1.04 bits per heavy atom. The molecule has 3 rings (SSSR count). The van der Waals surface area contributed by atoms with E-state index in [0.717, 1.165) is 22.0 Å². The van der Waals surface area contributed by atoms with Gasteiger partial charge in [-0.25, -0.2) is 4.98 Å². The number of nitrogens with zero attached hydrogens (tertiary/aromatic N) is 2. The van der Waals surface area contributed by atoms with Crippen LogP contribution in [0.4, 0.5) is 5.82 Å². The largest absolute Gasteiger partial charge is 0.493 e. The smallest absolute Gasteiger partial charge is 0.169 e.